The minimum atomic E-state index is -0.978. The van der Waals surface area contributed by atoms with E-state index in [1.165, 1.54) is 0 Å². The van der Waals surface area contributed by atoms with Gasteiger partial charge in [-0.3, -0.25) is 9.59 Å². The number of amides is 2. The summed E-state index contributed by atoms with van der Waals surface area (Å²) in [7, 11) is 0. The molecule has 0 bridgehead atoms. The third kappa shape index (κ3) is 5.72. The normalized spacial score (nSPS) is 15.2. The van der Waals surface area contributed by atoms with Gasteiger partial charge in [0.05, 0.1) is 12.3 Å². The van der Waals surface area contributed by atoms with E-state index >= 15 is 0 Å². The van der Waals surface area contributed by atoms with Crippen molar-refractivity contribution in [3.63, 3.8) is 0 Å². The van der Waals surface area contributed by atoms with E-state index in [4.69, 9.17) is 9.84 Å². The Morgan fingerprint density at radius 2 is 1.45 bits per heavy atom. The number of rotatable bonds is 9. The van der Waals surface area contributed by atoms with Crippen molar-refractivity contribution in [2.45, 2.75) is 52.1 Å². The molecule has 0 heterocycles. The van der Waals surface area contributed by atoms with Crippen molar-refractivity contribution in [3.05, 3.63) is 59.7 Å². The van der Waals surface area contributed by atoms with Crippen LogP contribution in [0.3, 0.4) is 0 Å². The molecule has 3 atom stereocenters. The fraction of sp³-hybridized carbons (Fsp3) is 0.423. The lowest BCUT2D eigenvalue weighted by Crippen LogP contribution is -2.49. The zero-order valence-corrected chi connectivity index (χ0v) is 19.5. The van der Waals surface area contributed by atoms with Crippen LogP contribution in [0.4, 0.5) is 4.79 Å². The van der Waals surface area contributed by atoms with Crippen LogP contribution >= 0.6 is 0 Å². The van der Waals surface area contributed by atoms with Crippen LogP contribution in [0.15, 0.2) is 48.5 Å². The molecular weight excluding hydrogens is 420 g/mol. The van der Waals surface area contributed by atoms with Gasteiger partial charge in [0, 0.05) is 18.0 Å². The second kappa shape index (κ2) is 10.5. The maximum Gasteiger partial charge on any atom is 0.407 e. The van der Waals surface area contributed by atoms with Gasteiger partial charge in [0.15, 0.2) is 0 Å². The van der Waals surface area contributed by atoms with Gasteiger partial charge in [-0.1, -0.05) is 62.4 Å². The van der Waals surface area contributed by atoms with Crippen LogP contribution in [0, 0.1) is 11.8 Å². The van der Waals surface area contributed by atoms with Crippen LogP contribution in [-0.4, -0.2) is 41.8 Å². The molecule has 0 aliphatic heterocycles. The number of carboxylic acids is 1. The first kappa shape index (κ1) is 24.3. The zero-order valence-electron chi connectivity index (χ0n) is 19.5. The minimum absolute atomic E-state index is 0.0421. The third-order valence-corrected chi connectivity index (χ3v) is 6.12. The summed E-state index contributed by atoms with van der Waals surface area (Å²) < 4.78 is 5.59. The number of benzene rings is 2. The molecule has 0 saturated heterocycles. The Kier molecular flexibility index (Phi) is 7.74. The highest BCUT2D eigenvalue weighted by molar-refractivity contribution is 5.82. The van der Waals surface area contributed by atoms with Crippen LogP contribution in [0.5, 0.6) is 0 Å². The van der Waals surface area contributed by atoms with Gasteiger partial charge in [-0.15, -0.1) is 0 Å². The van der Waals surface area contributed by atoms with Crippen LogP contribution in [0.25, 0.3) is 11.1 Å². The number of carbonyl (C=O) groups excluding carboxylic acids is 2. The smallest absolute Gasteiger partial charge is 0.407 e. The van der Waals surface area contributed by atoms with Crippen LogP contribution in [0.1, 0.15) is 51.2 Å². The highest BCUT2D eigenvalue weighted by atomic mass is 16.5. The van der Waals surface area contributed by atoms with Crippen LogP contribution in [0.2, 0.25) is 0 Å². The molecule has 2 unspecified atom stereocenters. The fourth-order valence-electron chi connectivity index (χ4n) is 4.67. The summed E-state index contributed by atoms with van der Waals surface area (Å²) in [6.07, 6.45) is -0.744. The summed E-state index contributed by atoms with van der Waals surface area (Å²) >= 11 is 0. The number of aliphatic carboxylic acids is 1. The third-order valence-electron chi connectivity index (χ3n) is 6.12. The highest BCUT2D eigenvalue weighted by Gasteiger charge is 2.32. The van der Waals surface area contributed by atoms with E-state index in [1.54, 1.807) is 13.8 Å². The molecule has 0 fully saturated rings. The van der Waals surface area contributed by atoms with Gasteiger partial charge in [0.1, 0.15) is 6.61 Å². The van der Waals surface area contributed by atoms with Crippen LogP contribution in [-0.2, 0) is 14.3 Å². The summed E-state index contributed by atoms with van der Waals surface area (Å²) in [5.41, 5.74) is 4.57. The molecule has 7 heteroatoms. The second-order valence-electron chi connectivity index (χ2n) is 9.04. The Bertz CT molecular complexity index is 974. The Labute approximate surface area is 194 Å². The molecule has 1 aliphatic rings. The maximum absolute atomic E-state index is 12.7. The predicted octanol–water partition coefficient (Wildman–Crippen LogP) is 4.17. The first-order valence-corrected chi connectivity index (χ1v) is 11.3. The van der Waals surface area contributed by atoms with Gasteiger partial charge < -0.3 is 20.5 Å². The van der Waals surface area contributed by atoms with Crippen LogP contribution < -0.4 is 10.6 Å². The second-order valence-corrected chi connectivity index (χ2v) is 9.04. The molecule has 3 rings (SSSR count). The largest absolute Gasteiger partial charge is 0.481 e. The number of hydrogen-bond acceptors (Lipinski definition) is 4. The summed E-state index contributed by atoms with van der Waals surface area (Å²) in [5, 5.41) is 14.4. The summed E-state index contributed by atoms with van der Waals surface area (Å²) in [4.78, 5) is 36.2. The maximum atomic E-state index is 12.7. The lowest BCUT2D eigenvalue weighted by atomic mass is 9.88. The highest BCUT2D eigenvalue weighted by Crippen LogP contribution is 2.44. The Morgan fingerprint density at radius 3 is 1.97 bits per heavy atom. The first-order valence-electron chi connectivity index (χ1n) is 11.3. The van der Waals surface area contributed by atoms with Crippen molar-refractivity contribution in [2.75, 3.05) is 6.61 Å². The molecule has 0 saturated carbocycles. The average Bonchev–Trinajstić information content (AvgIpc) is 3.05. The van der Waals surface area contributed by atoms with E-state index in [1.807, 2.05) is 38.1 Å². The van der Waals surface area contributed by atoms with E-state index in [9.17, 15) is 14.4 Å². The molecule has 2 aromatic carbocycles. The summed E-state index contributed by atoms with van der Waals surface area (Å²) in [6.45, 7) is 7.38. The van der Waals surface area contributed by atoms with Crippen molar-refractivity contribution in [3.8, 4) is 11.1 Å². The number of carbonyl (C=O) groups is 3. The number of nitrogens with one attached hydrogen (secondary N) is 2. The molecular formula is C26H32N2O5. The molecule has 0 spiro atoms. The number of carboxylic acid groups (broad SMARTS) is 1. The van der Waals surface area contributed by atoms with Crippen molar-refractivity contribution >= 4 is 18.0 Å². The SMILES string of the molecule is CC(C)C(C(=O)N[C@@H](C)CC(=O)O)C(C)NC(=O)OCC1c2ccccc2-c2ccccc21. The van der Waals surface area contributed by atoms with Gasteiger partial charge in [-0.05, 0) is 42.0 Å². The van der Waals surface area contributed by atoms with Crippen molar-refractivity contribution in [2.24, 2.45) is 11.8 Å². The molecule has 0 radical (unpaired) electrons. The number of hydrogen-bond donors (Lipinski definition) is 3. The monoisotopic (exact) mass is 452 g/mol. The summed E-state index contributed by atoms with van der Waals surface area (Å²) in [6, 6.07) is 15.2. The van der Waals surface area contributed by atoms with Gasteiger partial charge in [0.2, 0.25) is 5.91 Å². The Balaban J connectivity index is 1.62. The van der Waals surface area contributed by atoms with Gasteiger partial charge >= 0.3 is 12.1 Å². The molecule has 3 N–H and O–H groups in total. The molecule has 33 heavy (non-hydrogen) atoms. The van der Waals surface area contributed by atoms with Gasteiger partial charge in [-0.25, -0.2) is 4.79 Å². The van der Waals surface area contributed by atoms with E-state index in [-0.39, 0.29) is 30.8 Å². The van der Waals surface area contributed by atoms with E-state index < -0.39 is 30.1 Å². The molecule has 7 nitrogen and oxygen atoms in total. The standard InChI is InChI=1S/C26H32N2O5/c1-15(2)24(25(31)27-16(3)13-23(29)30)17(4)28-26(32)33-14-22-20-11-7-5-9-18(20)19-10-6-8-12-21(19)22/h5-12,15-17,22,24H,13-14H2,1-4H3,(H,27,31)(H,28,32)(H,29,30)/t16-,17?,24?/m0/s1. The average molecular weight is 453 g/mol. The fourth-order valence-corrected chi connectivity index (χ4v) is 4.67. The van der Waals surface area contributed by atoms with Gasteiger partial charge in [0.25, 0.3) is 0 Å². The predicted molar refractivity (Wildman–Crippen MR) is 126 cm³/mol. The number of ether oxygens (including phenoxy) is 1. The minimum Gasteiger partial charge on any atom is -0.481 e. The van der Waals surface area contributed by atoms with Gasteiger partial charge in [-0.2, -0.15) is 0 Å². The number of alkyl carbamates (subject to hydrolysis) is 1. The Morgan fingerprint density at radius 1 is 0.909 bits per heavy atom. The molecule has 1 aliphatic carbocycles. The quantitative estimate of drug-likeness (QED) is 0.530. The zero-order chi connectivity index (χ0) is 24.1. The van der Waals surface area contributed by atoms with Crippen molar-refractivity contribution in [1.29, 1.82) is 0 Å². The Hall–Kier alpha value is -3.35. The van der Waals surface area contributed by atoms with E-state index in [0.717, 1.165) is 22.3 Å². The lowest BCUT2D eigenvalue weighted by molar-refractivity contribution is -0.137. The van der Waals surface area contributed by atoms with Crippen molar-refractivity contribution < 1.29 is 24.2 Å². The molecule has 0 aromatic heterocycles. The van der Waals surface area contributed by atoms with E-state index in [0.29, 0.717) is 0 Å². The molecule has 2 amide bonds. The summed E-state index contributed by atoms with van der Waals surface area (Å²) in [5.74, 6) is -1.90. The molecule has 2 aromatic rings. The number of fused-ring (bicyclic) bond motifs is 3. The topological polar surface area (TPSA) is 105 Å². The van der Waals surface area contributed by atoms with Crippen molar-refractivity contribution in [1.82, 2.24) is 10.6 Å². The molecule has 176 valence electrons. The lowest BCUT2D eigenvalue weighted by Gasteiger charge is -2.28. The first-order chi connectivity index (χ1) is 15.7. The van der Waals surface area contributed by atoms with E-state index in [2.05, 4.69) is 34.9 Å².